The summed E-state index contributed by atoms with van der Waals surface area (Å²) >= 11 is 0. The maximum Gasteiger partial charge on any atom is 0.270 e. The predicted molar refractivity (Wildman–Crippen MR) is 136 cm³/mol. The predicted octanol–water partition coefficient (Wildman–Crippen LogP) is 4.34. The van der Waals surface area contributed by atoms with Gasteiger partial charge in [-0.3, -0.25) is 14.3 Å². The van der Waals surface area contributed by atoms with Gasteiger partial charge < -0.3 is 20.7 Å². The standard InChI is InChI=1S/C22H26F2N6O2.C4H8F2O.Re/c1-13(2)30-18(5-6-27-30)21(32)26-12-19-28-16-4-3-14(7-17(16)29-19)11-25-20(31)8-15-9-22(23,24)10-15;1-3(7)4(2,5)6;/h3-7,13,15H,8-12H2,1-2H3,(H,25,31)(H,26,32)(H,28,29);3,7H,1-2H3;. The number of fused-ring (bicyclic) bond motifs is 1. The van der Waals surface area contributed by atoms with Gasteiger partial charge in [0.15, 0.2) is 0 Å². The Balaban J connectivity index is 0.000000623. The van der Waals surface area contributed by atoms with Crippen molar-refractivity contribution in [1.82, 2.24) is 30.4 Å². The molecule has 1 radical (unpaired) electrons. The first-order valence-electron chi connectivity index (χ1n) is 12.6. The zero-order valence-corrected chi connectivity index (χ0v) is 25.4. The monoisotopic (exact) mass is 741 g/mol. The summed E-state index contributed by atoms with van der Waals surface area (Å²) in [5, 5.41) is 17.9. The number of aromatic amines is 1. The molecule has 0 aliphatic heterocycles. The van der Waals surface area contributed by atoms with Gasteiger partial charge in [-0.15, -0.1) is 0 Å². The van der Waals surface area contributed by atoms with Crippen molar-refractivity contribution in [2.45, 2.75) is 84.0 Å². The number of nitrogens with one attached hydrogen (secondary N) is 3. The Kier molecular flexibility index (Phi) is 11.4. The summed E-state index contributed by atoms with van der Waals surface area (Å²) in [6, 6.07) is 7.30. The Morgan fingerprint density at radius 2 is 1.82 bits per heavy atom. The summed E-state index contributed by atoms with van der Waals surface area (Å²) < 4.78 is 50.6. The smallest absolute Gasteiger partial charge is 0.270 e. The Labute approximate surface area is 243 Å². The summed E-state index contributed by atoms with van der Waals surface area (Å²) in [7, 11) is 0. The van der Waals surface area contributed by atoms with Gasteiger partial charge in [0.1, 0.15) is 17.6 Å². The van der Waals surface area contributed by atoms with E-state index in [9.17, 15) is 27.2 Å². The van der Waals surface area contributed by atoms with Gasteiger partial charge in [-0.25, -0.2) is 22.5 Å². The van der Waals surface area contributed by atoms with Crippen molar-refractivity contribution >= 4 is 22.8 Å². The number of H-pyrrole nitrogens is 1. The van der Waals surface area contributed by atoms with Crippen LogP contribution in [0.2, 0.25) is 0 Å². The number of aliphatic hydroxyl groups is 1. The van der Waals surface area contributed by atoms with Gasteiger partial charge in [-0.05, 0) is 50.5 Å². The maximum atomic E-state index is 12.9. The fraction of sp³-hybridized carbons (Fsp3) is 0.538. The van der Waals surface area contributed by atoms with Crippen LogP contribution in [0.5, 0.6) is 0 Å². The van der Waals surface area contributed by atoms with Crippen molar-refractivity contribution < 1.29 is 52.7 Å². The van der Waals surface area contributed by atoms with Crippen molar-refractivity contribution in [3.63, 3.8) is 0 Å². The van der Waals surface area contributed by atoms with E-state index in [1.165, 1.54) is 0 Å². The molecular formula is C26H34F4N6O3Re. The van der Waals surface area contributed by atoms with Crippen LogP contribution in [0.4, 0.5) is 17.6 Å². The van der Waals surface area contributed by atoms with Gasteiger partial charge >= 0.3 is 0 Å². The topological polar surface area (TPSA) is 125 Å². The number of hydrogen-bond acceptors (Lipinski definition) is 5. The molecule has 2 aromatic heterocycles. The van der Waals surface area contributed by atoms with E-state index in [-0.39, 0.29) is 70.0 Å². The first kappa shape index (κ1) is 33.4. The van der Waals surface area contributed by atoms with Crippen molar-refractivity contribution in [3.05, 3.63) is 47.5 Å². The minimum absolute atomic E-state index is 0. The molecule has 40 heavy (non-hydrogen) atoms. The van der Waals surface area contributed by atoms with Gasteiger partial charge in [0.25, 0.3) is 11.8 Å². The van der Waals surface area contributed by atoms with Gasteiger partial charge in [0.05, 0.1) is 17.6 Å². The molecule has 9 nitrogen and oxygen atoms in total. The van der Waals surface area contributed by atoms with Crippen molar-refractivity contribution in [2.24, 2.45) is 5.92 Å². The first-order chi connectivity index (χ1) is 18.1. The summed E-state index contributed by atoms with van der Waals surface area (Å²) in [5.74, 6) is -5.64. The second-order valence-corrected chi connectivity index (χ2v) is 10.2. The number of benzene rings is 1. The van der Waals surface area contributed by atoms with Gasteiger partial charge in [0, 0.05) is 65.4 Å². The van der Waals surface area contributed by atoms with Crippen molar-refractivity contribution in [3.8, 4) is 0 Å². The number of amides is 2. The van der Waals surface area contributed by atoms with Crippen LogP contribution in [0.15, 0.2) is 30.5 Å². The average molecular weight is 741 g/mol. The normalized spacial score (nSPS) is 15.4. The molecule has 4 rings (SSSR count). The first-order valence-corrected chi connectivity index (χ1v) is 12.6. The van der Waals surface area contributed by atoms with Crippen LogP contribution in [0.1, 0.15) is 74.9 Å². The Morgan fingerprint density at radius 1 is 1.18 bits per heavy atom. The molecule has 2 heterocycles. The fourth-order valence-electron chi connectivity index (χ4n) is 3.93. The van der Waals surface area contributed by atoms with E-state index in [0.717, 1.165) is 23.5 Å². The van der Waals surface area contributed by atoms with Gasteiger partial charge in [-0.1, -0.05) is 6.07 Å². The minimum Gasteiger partial charge on any atom is -0.387 e. The molecule has 1 aliphatic rings. The summed E-state index contributed by atoms with van der Waals surface area (Å²) in [6.45, 7) is 6.18. The van der Waals surface area contributed by atoms with Gasteiger partial charge in [0.2, 0.25) is 11.8 Å². The quantitative estimate of drug-likeness (QED) is 0.243. The number of nitrogens with zero attached hydrogens (tertiary/aromatic N) is 3. The summed E-state index contributed by atoms with van der Waals surface area (Å²) in [4.78, 5) is 32.1. The van der Waals surface area contributed by atoms with Crippen LogP contribution in [0.25, 0.3) is 11.0 Å². The van der Waals surface area contributed by atoms with Crippen molar-refractivity contribution in [1.29, 1.82) is 0 Å². The molecule has 1 aliphatic carbocycles. The molecule has 0 saturated heterocycles. The van der Waals surface area contributed by atoms with E-state index in [0.29, 0.717) is 25.0 Å². The molecule has 3 aromatic rings. The summed E-state index contributed by atoms with van der Waals surface area (Å²) in [5.41, 5.74) is 2.88. The van der Waals surface area contributed by atoms with Crippen LogP contribution >= 0.6 is 0 Å². The Hall–Kier alpha value is -2.82. The van der Waals surface area contributed by atoms with Crippen LogP contribution < -0.4 is 10.6 Å². The number of rotatable bonds is 9. The summed E-state index contributed by atoms with van der Waals surface area (Å²) in [6.07, 6.45) is -0.231. The molecule has 1 saturated carbocycles. The molecule has 221 valence electrons. The maximum absolute atomic E-state index is 12.9. The van der Waals surface area contributed by atoms with E-state index < -0.39 is 17.9 Å². The second kappa shape index (κ2) is 13.7. The molecule has 2 amide bonds. The number of alkyl halides is 4. The number of carbonyl (C=O) groups is 2. The van der Waals surface area contributed by atoms with Crippen LogP contribution in [-0.4, -0.2) is 54.6 Å². The Morgan fingerprint density at radius 3 is 2.40 bits per heavy atom. The molecule has 14 heteroatoms. The number of aromatic nitrogens is 4. The molecule has 4 N–H and O–H groups in total. The fourth-order valence-corrected chi connectivity index (χ4v) is 3.93. The third kappa shape index (κ3) is 9.39. The Bertz CT molecular complexity index is 1280. The second-order valence-electron chi connectivity index (χ2n) is 10.2. The molecule has 1 fully saturated rings. The molecule has 1 unspecified atom stereocenters. The third-order valence-corrected chi connectivity index (χ3v) is 6.28. The zero-order valence-electron chi connectivity index (χ0n) is 22.6. The zero-order chi connectivity index (χ0) is 29.0. The molecular weight excluding hydrogens is 707 g/mol. The third-order valence-electron chi connectivity index (χ3n) is 6.28. The number of hydrogen-bond donors (Lipinski definition) is 4. The number of aliphatic hydroxyl groups excluding tert-OH is 1. The molecule has 1 aromatic carbocycles. The van der Waals surface area contributed by atoms with Crippen LogP contribution in [-0.2, 0) is 38.3 Å². The SMILES string of the molecule is CC(C)n1nccc1C(=O)NCc1nc2ccc(CNC(=O)CC3CC(F)(F)C3)cc2[nH]1.CC(O)C(C)(F)F.[Re]. The largest absolute Gasteiger partial charge is 0.387 e. The van der Waals surface area contributed by atoms with E-state index in [4.69, 9.17) is 5.11 Å². The average Bonchev–Trinajstić information content (AvgIpc) is 3.46. The molecule has 0 bridgehead atoms. The number of halogens is 4. The van der Waals surface area contributed by atoms with Crippen LogP contribution in [0.3, 0.4) is 0 Å². The van der Waals surface area contributed by atoms with Gasteiger partial charge in [-0.2, -0.15) is 5.10 Å². The minimum atomic E-state index is -2.94. The number of imidazole rings is 1. The molecule has 1 atom stereocenters. The van der Waals surface area contributed by atoms with E-state index >= 15 is 0 Å². The van der Waals surface area contributed by atoms with E-state index in [1.54, 1.807) is 16.9 Å². The molecule has 0 spiro atoms. The van der Waals surface area contributed by atoms with Crippen molar-refractivity contribution in [2.75, 3.05) is 0 Å². The van der Waals surface area contributed by atoms with E-state index in [1.807, 2.05) is 32.0 Å². The van der Waals surface area contributed by atoms with Crippen LogP contribution in [0, 0.1) is 5.92 Å². The van der Waals surface area contributed by atoms with E-state index in [2.05, 4.69) is 25.7 Å². The number of carbonyl (C=O) groups excluding carboxylic acids is 2.